The molecule has 1 saturated heterocycles. The van der Waals surface area contributed by atoms with Crippen LogP contribution in [-0.4, -0.2) is 49.0 Å². The van der Waals surface area contributed by atoms with Gasteiger partial charge in [0.15, 0.2) is 5.78 Å². The monoisotopic (exact) mass is 289 g/mol. The Morgan fingerprint density at radius 1 is 1.37 bits per heavy atom. The first-order chi connectivity index (χ1) is 8.54. The minimum atomic E-state index is -3.47. The summed E-state index contributed by atoms with van der Waals surface area (Å²) in [5.74, 6) is -2.78. The van der Waals surface area contributed by atoms with Crippen molar-refractivity contribution < 1.29 is 22.8 Å². The number of hydrogen-bond donors (Lipinski definition) is 0. The molecule has 0 spiro atoms. The number of amides is 2. The molecule has 108 valence electrons. The van der Waals surface area contributed by atoms with Crippen molar-refractivity contribution in [3.05, 3.63) is 0 Å². The lowest BCUT2D eigenvalue weighted by atomic mass is 10.0. The SMILES string of the molecule is CC(C)C(=O)C(CS(C)(=O)=O)N1C(=O)CC(C)C1=O. The Hall–Kier alpha value is -1.24. The second-order valence-corrected chi connectivity index (χ2v) is 7.56. The van der Waals surface area contributed by atoms with E-state index in [1.54, 1.807) is 20.8 Å². The Kier molecular flexibility index (Phi) is 4.50. The van der Waals surface area contributed by atoms with Crippen LogP contribution in [-0.2, 0) is 24.2 Å². The van der Waals surface area contributed by atoms with Crippen LogP contribution in [0.2, 0.25) is 0 Å². The zero-order valence-electron chi connectivity index (χ0n) is 11.5. The van der Waals surface area contributed by atoms with Crippen molar-refractivity contribution in [2.24, 2.45) is 11.8 Å². The first-order valence-electron chi connectivity index (χ1n) is 6.12. The molecule has 1 aliphatic heterocycles. The first-order valence-corrected chi connectivity index (χ1v) is 8.18. The summed E-state index contributed by atoms with van der Waals surface area (Å²) in [5.41, 5.74) is 0. The minimum Gasteiger partial charge on any atom is -0.297 e. The first kappa shape index (κ1) is 15.8. The second kappa shape index (κ2) is 5.40. The van der Waals surface area contributed by atoms with Gasteiger partial charge in [0.1, 0.15) is 15.9 Å². The van der Waals surface area contributed by atoms with Gasteiger partial charge in [0.25, 0.3) is 0 Å². The summed E-state index contributed by atoms with van der Waals surface area (Å²) < 4.78 is 22.8. The lowest BCUT2D eigenvalue weighted by molar-refractivity contribution is -0.146. The second-order valence-electron chi connectivity index (χ2n) is 5.37. The highest BCUT2D eigenvalue weighted by Crippen LogP contribution is 2.23. The molecule has 0 radical (unpaired) electrons. The predicted molar refractivity (Wildman–Crippen MR) is 69.0 cm³/mol. The summed E-state index contributed by atoms with van der Waals surface area (Å²) in [4.78, 5) is 36.7. The molecule has 2 unspecified atom stereocenters. The Balaban J connectivity index is 3.13. The van der Waals surface area contributed by atoms with E-state index in [-0.39, 0.29) is 6.42 Å². The van der Waals surface area contributed by atoms with E-state index in [1.807, 2.05) is 0 Å². The number of sulfone groups is 1. The largest absolute Gasteiger partial charge is 0.297 e. The number of Topliss-reactive ketones (excluding diaryl/α,β-unsaturated/α-hetero) is 1. The third-order valence-electron chi connectivity index (χ3n) is 3.08. The number of carbonyl (C=O) groups is 3. The maximum atomic E-state index is 12.1. The molecule has 7 heteroatoms. The van der Waals surface area contributed by atoms with Gasteiger partial charge in [0.05, 0.1) is 5.75 Å². The number of carbonyl (C=O) groups excluding carboxylic acids is 3. The standard InChI is InChI=1S/C12H19NO5S/c1-7(2)11(15)9(6-19(4,17)18)13-10(14)5-8(3)12(13)16/h7-9H,5-6H2,1-4H3. The van der Waals surface area contributed by atoms with Crippen molar-refractivity contribution >= 4 is 27.4 Å². The maximum absolute atomic E-state index is 12.1. The summed E-state index contributed by atoms with van der Waals surface area (Å²) >= 11 is 0. The molecule has 1 heterocycles. The van der Waals surface area contributed by atoms with Crippen LogP contribution in [0.5, 0.6) is 0 Å². The van der Waals surface area contributed by atoms with Crippen LogP contribution in [0.25, 0.3) is 0 Å². The quantitative estimate of drug-likeness (QED) is 0.666. The number of rotatable bonds is 5. The molecule has 1 aliphatic rings. The van der Waals surface area contributed by atoms with Gasteiger partial charge in [0.2, 0.25) is 11.8 Å². The Labute approximate surface area is 113 Å². The zero-order valence-corrected chi connectivity index (χ0v) is 12.4. The summed E-state index contributed by atoms with van der Waals surface area (Å²) in [5, 5.41) is 0. The van der Waals surface area contributed by atoms with Crippen molar-refractivity contribution in [1.29, 1.82) is 0 Å². The Morgan fingerprint density at radius 2 is 1.89 bits per heavy atom. The Bertz CT molecular complexity index is 508. The van der Waals surface area contributed by atoms with E-state index in [0.29, 0.717) is 0 Å². The van der Waals surface area contributed by atoms with E-state index >= 15 is 0 Å². The fraction of sp³-hybridized carbons (Fsp3) is 0.750. The van der Waals surface area contributed by atoms with Gasteiger partial charge >= 0.3 is 0 Å². The smallest absolute Gasteiger partial charge is 0.233 e. The number of likely N-dealkylation sites (tertiary alicyclic amines) is 1. The normalized spacial score (nSPS) is 22.2. The Morgan fingerprint density at radius 3 is 2.21 bits per heavy atom. The average molecular weight is 289 g/mol. The molecule has 0 saturated carbocycles. The molecule has 0 bridgehead atoms. The van der Waals surface area contributed by atoms with Crippen LogP contribution in [0.15, 0.2) is 0 Å². The van der Waals surface area contributed by atoms with Gasteiger partial charge < -0.3 is 0 Å². The molecule has 0 aromatic rings. The van der Waals surface area contributed by atoms with Gasteiger partial charge in [-0.25, -0.2) is 8.42 Å². The number of imide groups is 1. The fourth-order valence-corrected chi connectivity index (χ4v) is 2.98. The van der Waals surface area contributed by atoms with E-state index < -0.39 is 51.1 Å². The van der Waals surface area contributed by atoms with Crippen molar-refractivity contribution in [3.63, 3.8) is 0 Å². The van der Waals surface area contributed by atoms with Crippen molar-refractivity contribution in [3.8, 4) is 0 Å². The zero-order chi connectivity index (χ0) is 15.0. The maximum Gasteiger partial charge on any atom is 0.233 e. The van der Waals surface area contributed by atoms with Gasteiger partial charge in [-0.1, -0.05) is 20.8 Å². The van der Waals surface area contributed by atoms with Crippen molar-refractivity contribution in [2.45, 2.75) is 33.2 Å². The lowest BCUT2D eigenvalue weighted by Gasteiger charge is -2.26. The molecule has 6 nitrogen and oxygen atoms in total. The highest BCUT2D eigenvalue weighted by Gasteiger charge is 2.44. The third kappa shape index (κ3) is 3.62. The van der Waals surface area contributed by atoms with Crippen LogP contribution < -0.4 is 0 Å². The number of nitrogens with zero attached hydrogens (tertiary/aromatic N) is 1. The third-order valence-corrected chi connectivity index (χ3v) is 4.00. The van der Waals surface area contributed by atoms with Gasteiger partial charge in [0, 0.05) is 24.5 Å². The highest BCUT2D eigenvalue weighted by atomic mass is 32.2. The van der Waals surface area contributed by atoms with Crippen LogP contribution in [0.1, 0.15) is 27.2 Å². The molecule has 0 aromatic heterocycles. The van der Waals surface area contributed by atoms with E-state index in [1.165, 1.54) is 0 Å². The topological polar surface area (TPSA) is 88.6 Å². The van der Waals surface area contributed by atoms with Gasteiger partial charge in [-0.3, -0.25) is 19.3 Å². The molecule has 1 fully saturated rings. The van der Waals surface area contributed by atoms with Crippen LogP contribution in [0, 0.1) is 11.8 Å². The van der Waals surface area contributed by atoms with E-state index in [2.05, 4.69) is 0 Å². The summed E-state index contributed by atoms with van der Waals surface area (Å²) in [6.45, 7) is 4.83. The minimum absolute atomic E-state index is 0.0322. The van der Waals surface area contributed by atoms with Crippen molar-refractivity contribution in [1.82, 2.24) is 4.90 Å². The lowest BCUT2D eigenvalue weighted by Crippen LogP contribution is -2.50. The molecular weight excluding hydrogens is 270 g/mol. The number of ketones is 1. The van der Waals surface area contributed by atoms with E-state index in [9.17, 15) is 22.8 Å². The highest BCUT2D eigenvalue weighted by molar-refractivity contribution is 7.90. The van der Waals surface area contributed by atoms with Crippen molar-refractivity contribution in [2.75, 3.05) is 12.0 Å². The predicted octanol–water partition coefficient (Wildman–Crippen LogP) is 0.0197. The van der Waals surface area contributed by atoms with Gasteiger partial charge in [-0.15, -0.1) is 0 Å². The van der Waals surface area contributed by atoms with Gasteiger partial charge in [-0.05, 0) is 0 Å². The van der Waals surface area contributed by atoms with E-state index in [4.69, 9.17) is 0 Å². The molecule has 19 heavy (non-hydrogen) atoms. The summed E-state index contributed by atoms with van der Waals surface area (Å²) in [6.07, 6.45) is 1.02. The molecule has 2 atom stereocenters. The molecular formula is C12H19NO5S. The molecule has 2 amide bonds. The average Bonchev–Trinajstić information content (AvgIpc) is 2.48. The van der Waals surface area contributed by atoms with Crippen LogP contribution in [0.3, 0.4) is 0 Å². The molecule has 0 N–H and O–H groups in total. The number of hydrogen-bond acceptors (Lipinski definition) is 5. The molecule has 0 aliphatic carbocycles. The van der Waals surface area contributed by atoms with Crippen LogP contribution >= 0.6 is 0 Å². The molecule has 1 rings (SSSR count). The van der Waals surface area contributed by atoms with E-state index in [0.717, 1.165) is 11.2 Å². The summed E-state index contributed by atoms with van der Waals surface area (Å²) in [6, 6.07) is -1.19. The van der Waals surface area contributed by atoms with Crippen LogP contribution in [0.4, 0.5) is 0 Å². The van der Waals surface area contributed by atoms with Gasteiger partial charge in [-0.2, -0.15) is 0 Å². The fourth-order valence-electron chi connectivity index (χ4n) is 2.09. The molecule has 0 aromatic carbocycles. The summed E-state index contributed by atoms with van der Waals surface area (Å²) in [7, 11) is -3.47.